The molecule has 1 fully saturated rings. The van der Waals surface area contributed by atoms with Crippen molar-refractivity contribution in [3.05, 3.63) is 36.4 Å². The van der Waals surface area contributed by atoms with E-state index in [0.717, 1.165) is 40.8 Å². The van der Waals surface area contributed by atoms with E-state index in [9.17, 15) is 4.79 Å². The number of hydrogen-bond acceptors (Lipinski definition) is 2. The molecule has 3 nitrogen and oxygen atoms in total. The van der Waals surface area contributed by atoms with Crippen LogP contribution in [0.25, 0.3) is 10.8 Å². The first-order valence-electron chi connectivity index (χ1n) is 7.70. The minimum atomic E-state index is 0.0679. The third kappa shape index (κ3) is 1.54. The zero-order chi connectivity index (χ0) is 14.6. The van der Waals surface area contributed by atoms with Crippen LogP contribution in [0.4, 0.5) is 11.4 Å². The number of rotatable bonds is 2. The number of amides is 1. The normalized spacial score (nSPS) is 23.4. The van der Waals surface area contributed by atoms with E-state index in [1.807, 2.05) is 29.2 Å². The molecule has 1 saturated heterocycles. The molecule has 0 N–H and O–H groups in total. The second-order valence-electron chi connectivity index (χ2n) is 5.83. The minimum Gasteiger partial charge on any atom is -0.274 e. The lowest BCUT2D eigenvalue weighted by Crippen LogP contribution is -2.32. The quantitative estimate of drug-likeness (QED) is 0.807. The van der Waals surface area contributed by atoms with Crippen LogP contribution in [0, 0.1) is 11.8 Å². The van der Waals surface area contributed by atoms with Crippen LogP contribution in [0.1, 0.15) is 26.7 Å². The van der Waals surface area contributed by atoms with Crippen LogP contribution in [0.15, 0.2) is 41.4 Å². The molecule has 4 rings (SSSR count). The number of benzene rings is 2. The lowest BCUT2D eigenvalue weighted by atomic mass is 9.90. The van der Waals surface area contributed by atoms with Gasteiger partial charge in [-0.15, -0.1) is 0 Å². The topological polar surface area (TPSA) is 32.7 Å². The first kappa shape index (κ1) is 12.6. The van der Waals surface area contributed by atoms with E-state index in [1.165, 1.54) is 0 Å². The number of carbonyl (C=O) groups excluding carboxylic acids is 1. The number of anilines is 1. The van der Waals surface area contributed by atoms with Crippen LogP contribution in [0.3, 0.4) is 0 Å². The Balaban J connectivity index is 2.02. The zero-order valence-electron chi connectivity index (χ0n) is 12.3. The maximum Gasteiger partial charge on any atom is 0.236 e. The SMILES string of the molecule is CCC1C(=O)N2C(=Nc3cccc4cccc2c34)C1CC. The smallest absolute Gasteiger partial charge is 0.236 e. The summed E-state index contributed by atoms with van der Waals surface area (Å²) in [6, 6.07) is 12.3. The van der Waals surface area contributed by atoms with Crippen LogP contribution >= 0.6 is 0 Å². The fraction of sp³-hybridized carbons (Fsp3) is 0.333. The van der Waals surface area contributed by atoms with E-state index >= 15 is 0 Å². The second kappa shape index (κ2) is 4.42. The Morgan fingerprint density at radius 2 is 1.76 bits per heavy atom. The van der Waals surface area contributed by atoms with Crippen molar-refractivity contribution in [2.24, 2.45) is 16.8 Å². The summed E-state index contributed by atoms with van der Waals surface area (Å²) < 4.78 is 0. The van der Waals surface area contributed by atoms with Crippen molar-refractivity contribution in [3.63, 3.8) is 0 Å². The molecule has 0 spiro atoms. The number of hydrogen-bond donors (Lipinski definition) is 0. The average molecular weight is 278 g/mol. The van der Waals surface area contributed by atoms with Gasteiger partial charge in [-0.3, -0.25) is 9.69 Å². The average Bonchev–Trinajstić information content (AvgIpc) is 2.79. The van der Waals surface area contributed by atoms with Crippen LogP contribution in [0.5, 0.6) is 0 Å². The maximum atomic E-state index is 12.8. The summed E-state index contributed by atoms with van der Waals surface area (Å²) in [4.78, 5) is 19.6. The van der Waals surface area contributed by atoms with Crippen molar-refractivity contribution in [1.82, 2.24) is 0 Å². The molecule has 2 atom stereocenters. The Kier molecular flexibility index (Phi) is 2.64. The van der Waals surface area contributed by atoms with Crippen molar-refractivity contribution in [3.8, 4) is 0 Å². The second-order valence-corrected chi connectivity index (χ2v) is 5.83. The van der Waals surface area contributed by atoms with Gasteiger partial charge in [0.15, 0.2) is 0 Å². The molecule has 1 amide bonds. The Morgan fingerprint density at radius 3 is 2.48 bits per heavy atom. The van der Waals surface area contributed by atoms with Gasteiger partial charge in [-0.25, -0.2) is 4.99 Å². The molecule has 2 aromatic rings. The molecule has 2 unspecified atom stereocenters. The van der Waals surface area contributed by atoms with E-state index in [1.54, 1.807) is 0 Å². The molecule has 0 saturated carbocycles. The van der Waals surface area contributed by atoms with E-state index in [4.69, 9.17) is 4.99 Å². The first-order chi connectivity index (χ1) is 10.3. The lowest BCUT2D eigenvalue weighted by Gasteiger charge is -2.25. The molecular formula is C18H18N2O. The summed E-state index contributed by atoms with van der Waals surface area (Å²) in [6.45, 7) is 4.24. The zero-order valence-corrected chi connectivity index (χ0v) is 12.3. The number of aliphatic imine (C=N–C) groups is 1. The monoisotopic (exact) mass is 278 g/mol. The molecule has 2 aromatic carbocycles. The Labute approximate surface area is 124 Å². The summed E-state index contributed by atoms with van der Waals surface area (Å²) in [6.07, 6.45) is 1.83. The van der Waals surface area contributed by atoms with E-state index in [-0.39, 0.29) is 17.7 Å². The standard InChI is InChI=1S/C18H18N2O/c1-3-12-13(4-2)18(21)20-15-10-6-8-11-7-5-9-14(16(11)15)19-17(12)20/h5-10,12-13H,3-4H2,1-2H3. The van der Waals surface area contributed by atoms with Crippen LogP contribution in [-0.4, -0.2) is 11.7 Å². The first-order valence-corrected chi connectivity index (χ1v) is 7.70. The number of carbonyl (C=O) groups is 1. The molecule has 0 radical (unpaired) electrons. The molecule has 0 bridgehead atoms. The predicted octanol–water partition coefficient (Wildman–Crippen LogP) is 4.28. The molecule has 0 aliphatic carbocycles. The molecule has 3 heteroatoms. The summed E-state index contributed by atoms with van der Waals surface area (Å²) in [7, 11) is 0. The Bertz CT molecular complexity index is 773. The van der Waals surface area contributed by atoms with Gasteiger partial charge in [0.1, 0.15) is 5.84 Å². The van der Waals surface area contributed by atoms with Gasteiger partial charge in [0.05, 0.1) is 11.4 Å². The summed E-state index contributed by atoms with van der Waals surface area (Å²) >= 11 is 0. The van der Waals surface area contributed by atoms with Gasteiger partial charge in [-0.2, -0.15) is 0 Å². The third-order valence-corrected chi connectivity index (χ3v) is 4.80. The molecule has 2 aliphatic heterocycles. The fourth-order valence-corrected chi connectivity index (χ4v) is 3.80. The van der Waals surface area contributed by atoms with Crippen LogP contribution in [-0.2, 0) is 4.79 Å². The van der Waals surface area contributed by atoms with Crippen molar-refractivity contribution >= 4 is 33.9 Å². The highest BCUT2D eigenvalue weighted by molar-refractivity contribution is 6.30. The molecule has 2 aliphatic rings. The number of amidine groups is 1. The molecule has 21 heavy (non-hydrogen) atoms. The molecule has 0 aromatic heterocycles. The van der Waals surface area contributed by atoms with Crippen molar-refractivity contribution < 1.29 is 4.79 Å². The van der Waals surface area contributed by atoms with Gasteiger partial charge in [-0.1, -0.05) is 38.1 Å². The third-order valence-electron chi connectivity index (χ3n) is 4.80. The summed E-state index contributed by atoms with van der Waals surface area (Å²) in [5, 5.41) is 2.25. The van der Waals surface area contributed by atoms with Gasteiger partial charge in [0, 0.05) is 17.2 Å². The van der Waals surface area contributed by atoms with Crippen molar-refractivity contribution in [1.29, 1.82) is 0 Å². The van der Waals surface area contributed by atoms with Gasteiger partial charge in [0.25, 0.3) is 0 Å². The highest BCUT2D eigenvalue weighted by atomic mass is 16.2. The number of fused-ring (bicyclic) bond motifs is 2. The molecular weight excluding hydrogens is 260 g/mol. The van der Waals surface area contributed by atoms with Gasteiger partial charge in [-0.05, 0) is 30.4 Å². The van der Waals surface area contributed by atoms with E-state index < -0.39 is 0 Å². The predicted molar refractivity (Wildman–Crippen MR) is 86.1 cm³/mol. The van der Waals surface area contributed by atoms with Crippen molar-refractivity contribution in [2.45, 2.75) is 26.7 Å². The van der Waals surface area contributed by atoms with E-state index in [2.05, 4.69) is 26.0 Å². The summed E-state index contributed by atoms with van der Waals surface area (Å²) in [5.74, 6) is 1.47. The highest BCUT2D eigenvalue weighted by Gasteiger charge is 2.46. The van der Waals surface area contributed by atoms with Crippen LogP contribution in [0.2, 0.25) is 0 Å². The van der Waals surface area contributed by atoms with Gasteiger partial charge >= 0.3 is 0 Å². The molecule has 2 heterocycles. The molecule has 106 valence electrons. The van der Waals surface area contributed by atoms with Gasteiger partial charge < -0.3 is 0 Å². The Hall–Kier alpha value is -2.16. The summed E-state index contributed by atoms with van der Waals surface area (Å²) in [5.41, 5.74) is 2.00. The fourth-order valence-electron chi connectivity index (χ4n) is 3.80. The largest absolute Gasteiger partial charge is 0.274 e. The minimum absolute atomic E-state index is 0.0679. The van der Waals surface area contributed by atoms with E-state index in [0.29, 0.717) is 0 Å². The maximum absolute atomic E-state index is 12.8. The highest BCUT2D eigenvalue weighted by Crippen LogP contribution is 2.45. The van der Waals surface area contributed by atoms with Crippen molar-refractivity contribution in [2.75, 3.05) is 4.90 Å². The van der Waals surface area contributed by atoms with Gasteiger partial charge in [0.2, 0.25) is 5.91 Å². The van der Waals surface area contributed by atoms with Crippen LogP contribution < -0.4 is 4.90 Å². The lowest BCUT2D eigenvalue weighted by molar-refractivity contribution is -0.121. The number of nitrogens with zero attached hydrogens (tertiary/aromatic N) is 2. The Morgan fingerprint density at radius 1 is 1.05 bits per heavy atom.